The topological polar surface area (TPSA) is 51.8 Å². The van der Waals surface area contributed by atoms with Crippen LogP contribution in [0.3, 0.4) is 0 Å². The first-order valence-electron chi connectivity index (χ1n) is 8.71. The standard InChI is InChI=1S/C18H24FN3O/c1-2-3-4-5-13-6-8-14(9-7-13)17-21-18(23-22-17)15-10-11-16(19)20-12-15/h10-14H,2-9H2,1H3. The Labute approximate surface area is 136 Å². The van der Waals surface area contributed by atoms with Crippen LogP contribution in [-0.4, -0.2) is 15.1 Å². The number of pyridine rings is 1. The van der Waals surface area contributed by atoms with Gasteiger partial charge in [0.2, 0.25) is 5.95 Å². The van der Waals surface area contributed by atoms with E-state index in [-0.39, 0.29) is 0 Å². The molecule has 0 bridgehead atoms. The minimum Gasteiger partial charge on any atom is -0.334 e. The van der Waals surface area contributed by atoms with Gasteiger partial charge in [-0.25, -0.2) is 4.98 Å². The summed E-state index contributed by atoms with van der Waals surface area (Å²) in [4.78, 5) is 8.12. The summed E-state index contributed by atoms with van der Waals surface area (Å²) in [5.74, 6) is 1.97. The van der Waals surface area contributed by atoms with Crippen molar-refractivity contribution in [3.63, 3.8) is 0 Å². The zero-order valence-corrected chi connectivity index (χ0v) is 13.7. The summed E-state index contributed by atoms with van der Waals surface area (Å²) in [6, 6.07) is 2.92. The molecule has 1 saturated carbocycles. The maximum Gasteiger partial charge on any atom is 0.259 e. The molecule has 2 heterocycles. The lowest BCUT2D eigenvalue weighted by Gasteiger charge is -2.26. The monoisotopic (exact) mass is 317 g/mol. The molecule has 0 N–H and O–H groups in total. The molecule has 1 aliphatic carbocycles. The Kier molecular flexibility index (Phi) is 5.36. The fourth-order valence-corrected chi connectivity index (χ4v) is 3.41. The van der Waals surface area contributed by atoms with E-state index in [1.807, 2.05) is 0 Å². The summed E-state index contributed by atoms with van der Waals surface area (Å²) in [6.45, 7) is 2.25. The van der Waals surface area contributed by atoms with Crippen LogP contribution in [0, 0.1) is 11.9 Å². The van der Waals surface area contributed by atoms with Gasteiger partial charge < -0.3 is 4.52 Å². The number of unbranched alkanes of at least 4 members (excludes halogenated alkanes) is 2. The normalized spacial score (nSPS) is 21.5. The van der Waals surface area contributed by atoms with Crippen LogP contribution in [0.2, 0.25) is 0 Å². The molecular weight excluding hydrogens is 293 g/mol. The highest BCUT2D eigenvalue weighted by Crippen LogP contribution is 2.37. The zero-order chi connectivity index (χ0) is 16.1. The fourth-order valence-electron chi connectivity index (χ4n) is 3.41. The van der Waals surface area contributed by atoms with Crippen LogP contribution in [0.25, 0.3) is 11.5 Å². The van der Waals surface area contributed by atoms with Crippen molar-refractivity contribution in [1.82, 2.24) is 15.1 Å². The molecule has 23 heavy (non-hydrogen) atoms. The molecule has 0 unspecified atom stereocenters. The molecule has 0 spiro atoms. The lowest BCUT2D eigenvalue weighted by Crippen LogP contribution is -2.14. The summed E-state index contributed by atoms with van der Waals surface area (Å²) in [6.07, 6.45) is 11.6. The second kappa shape index (κ2) is 7.66. The van der Waals surface area contributed by atoms with E-state index >= 15 is 0 Å². The Morgan fingerprint density at radius 3 is 2.70 bits per heavy atom. The molecule has 0 amide bonds. The van der Waals surface area contributed by atoms with Crippen molar-refractivity contribution in [3.05, 3.63) is 30.1 Å². The molecule has 0 saturated heterocycles. The summed E-state index contributed by atoms with van der Waals surface area (Å²) in [5.41, 5.74) is 0.665. The van der Waals surface area contributed by atoms with Crippen molar-refractivity contribution in [3.8, 4) is 11.5 Å². The molecule has 2 aromatic heterocycles. The van der Waals surface area contributed by atoms with Gasteiger partial charge >= 0.3 is 0 Å². The van der Waals surface area contributed by atoms with Crippen molar-refractivity contribution >= 4 is 0 Å². The van der Waals surface area contributed by atoms with Crippen molar-refractivity contribution in [2.24, 2.45) is 5.92 Å². The molecule has 5 heteroatoms. The third-order valence-corrected chi connectivity index (χ3v) is 4.84. The van der Waals surface area contributed by atoms with Gasteiger partial charge in [-0.05, 0) is 43.7 Å². The van der Waals surface area contributed by atoms with E-state index in [1.54, 1.807) is 6.07 Å². The van der Waals surface area contributed by atoms with E-state index in [9.17, 15) is 4.39 Å². The maximum atomic E-state index is 12.9. The Hall–Kier alpha value is -1.78. The van der Waals surface area contributed by atoms with Crippen molar-refractivity contribution in [2.45, 2.75) is 64.2 Å². The second-order valence-electron chi connectivity index (χ2n) is 6.54. The largest absolute Gasteiger partial charge is 0.334 e. The quantitative estimate of drug-likeness (QED) is 0.548. The van der Waals surface area contributed by atoms with Crippen LogP contribution in [0.1, 0.15) is 70.0 Å². The molecule has 0 aromatic carbocycles. The van der Waals surface area contributed by atoms with E-state index in [1.165, 1.54) is 50.8 Å². The number of halogens is 1. The van der Waals surface area contributed by atoms with Crippen LogP contribution < -0.4 is 0 Å². The van der Waals surface area contributed by atoms with Crippen LogP contribution >= 0.6 is 0 Å². The van der Waals surface area contributed by atoms with Gasteiger partial charge in [-0.2, -0.15) is 9.37 Å². The van der Waals surface area contributed by atoms with Crippen molar-refractivity contribution < 1.29 is 8.91 Å². The smallest absolute Gasteiger partial charge is 0.259 e. The minimum atomic E-state index is -0.505. The van der Waals surface area contributed by atoms with E-state index < -0.39 is 5.95 Å². The average Bonchev–Trinajstić information content (AvgIpc) is 3.06. The van der Waals surface area contributed by atoms with Crippen molar-refractivity contribution in [1.29, 1.82) is 0 Å². The SMILES string of the molecule is CCCCCC1CCC(c2noc(-c3ccc(F)nc3)n2)CC1. The summed E-state index contributed by atoms with van der Waals surface area (Å²) >= 11 is 0. The number of hydrogen-bond acceptors (Lipinski definition) is 4. The highest BCUT2D eigenvalue weighted by atomic mass is 19.1. The van der Waals surface area contributed by atoms with Gasteiger partial charge in [-0.15, -0.1) is 0 Å². The Morgan fingerprint density at radius 2 is 2.00 bits per heavy atom. The van der Waals surface area contributed by atoms with Gasteiger partial charge in [0, 0.05) is 12.1 Å². The molecule has 124 valence electrons. The highest BCUT2D eigenvalue weighted by Gasteiger charge is 2.25. The average molecular weight is 317 g/mol. The first-order valence-corrected chi connectivity index (χ1v) is 8.71. The first kappa shape index (κ1) is 16.1. The van der Waals surface area contributed by atoms with Crippen LogP contribution in [0.4, 0.5) is 4.39 Å². The van der Waals surface area contributed by atoms with E-state index in [2.05, 4.69) is 22.0 Å². The van der Waals surface area contributed by atoms with Gasteiger partial charge in [-0.1, -0.05) is 37.8 Å². The summed E-state index contributed by atoms with van der Waals surface area (Å²) in [5, 5.41) is 4.13. The molecule has 0 aliphatic heterocycles. The lowest BCUT2D eigenvalue weighted by molar-refractivity contribution is 0.292. The molecule has 0 atom stereocenters. The molecule has 1 fully saturated rings. The summed E-state index contributed by atoms with van der Waals surface area (Å²) in [7, 11) is 0. The van der Waals surface area contributed by atoms with Gasteiger partial charge in [0.1, 0.15) is 0 Å². The number of hydrogen-bond donors (Lipinski definition) is 0. The highest BCUT2D eigenvalue weighted by molar-refractivity contribution is 5.50. The predicted octanol–water partition coefficient (Wildman–Crippen LogP) is 5.12. The van der Waals surface area contributed by atoms with Gasteiger partial charge in [0.15, 0.2) is 5.82 Å². The number of nitrogens with zero attached hydrogens (tertiary/aromatic N) is 3. The zero-order valence-electron chi connectivity index (χ0n) is 13.7. The Morgan fingerprint density at radius 1 is 1.17 bits per heavy atom. The first-order chi connectivity index (χ1) is 11.3. The number of aromatic nitrogens is 3. The summed E-state index contributed by atoms with van der Waals surface area (Å²) < 4.78 is 18.2. The van der Waals surface area contributed by atoms with E-state index in [4.69, 9.17) is 4.52 Å². The molecule has 3 rings (SSSR count). The minimum absolute atomic E-state index is 0.392. The van der Waals surface area contributed by atoms with Gasteiger partial charge in [0.25, 0.3) is 5.89 Å². The third-order valence-electron chi connectivity index (χ3n) is 4.84. The van der Waals surface area contributed by atoms with Crippen molar-refractivity contribution in [2.75, 3.05) is 0 Å². The van der Waals surface area contributed by atoms with Crippen LogP contribution in [-0.2, 0) is 0 Å². The predicted molar refractivity (Wildman–Crippen MR) is 86.3 cm³/mol. The molecule has 0 radical (unpaired) electrons. The Bertz CT molecular complexity index is 603. The lowest BCUT2D eigenvalue weighted by atomic mass is 9.79. The molecule has 4 nitrogen and oxygen atoms in total. The van der Waals surface area contributed by atoms with E-state index in [0.29, 0.717) is 17.4 Å². The number of rotatable bonds is 6. The third kappa shape index (κ3) is 4.15. The molecule has 1 aliphatic rings. The van der Waals surface area contributed by atoms with Gasteiger partial charge in [-0.3, -0.25) is 0 Å². The second-order valence-corrected chi connectivity index (χ2v) is 6.54. The van der Waals surface area contributed by atoms with E-state index in [0.717, 1.165) is 24.6 Å². The fraction of sp³-hybridized carbons (Fsp3) is 0.611. The molecular formula is C18H24FN3O. The Balaban J connectivity index is 1.56. The van der Waals surface area contributed by atoms with Crippen LogP contribution in [0.5, 0.6) is 0 Å². The van der Waals surface area contributed by atoms with Gasteiger partial charge in [0.05, 0.1) is 5.56 Å². The van der Waals surface area contributed by atoms with Crippen LogP contribution in [0.15, 0.2) is 22.9 Å². The molecule has 2 aromatic rings. The maximum absolute atomic E-state index is 12.9.